The Bertz CT molecular complexity index is 1280. The summed E-state index contributed by atoms with van der Waals surface area (Å²) in [5.74, 6) is -0.920. The number of nitro groups is 1. The molecular formula is C22H13ClFN3O3S. The van der Waals surface area contributed by atoms with Crippen molar-refractivity contribution in [3.8, 4) is 21.7 Å². The smallest absolute Gasteiger partial charge is 0.288 e. The van der Waals surface area contributed by atoms with E-state index in [9.17, 15) is 19.3 Å². The molecule has 6 nitrogen and oxygen atoms in total. The number of hydrogen-bond donors (Lipinski definition) is 1. The number of thiazole rings is 1. The Balaban J connectivity index is 1.71. The first-order valence-corrected chi connectivity index (χ1v) is 10.2. The Morgan fingerprint density at radius 3 is 2.42 bits per heavy atom. The van der Waals surface area contributed by atoms with E-state index in [1.807, 2.05) is 30.3 Å². The van der Waals surface area contributed by atoms with E-state index in [0.717, 1.165) is 16.5 Å². The van der Waals surface area contributed by atoms with E-state index < -0.39 is 10.8 Å². The van der Waals surface area contributed by atoms with Crippen LogP contribution in [0.3, 0.4) is 0 Å². The van der Waals surface area contributed by atoms with Crippen LogP contribution in [0.2, 0.25) is 5.02 Å². The number of carbonyl (C=O) groups is 1. The Morgan fingerprint density at radius 1 is 1.03 bits per heavy atom. The molecule has 1 aromatic heterocycles. The van der Waals surface area contributed by atoms with Crippen molar-refractivity contribution >= 4 is 39.7 Å². The fraction of sp³-hybridized carbons (Fsp3) is 0. The number of amides is 1. The molecule has 0 bridgehead atoms. The number of nitrogens with one attached hydrogen (secondary N) is 1. The van der Waals surface area contributed by atoms with Gasteiger partial charge in [0.05, 0.1) is 15.5 Å². The topological polar surface area (TPSA) is 85.1 Å². The van der Waals surface area contributed by atoms with Crippen LogP contribution < -0.4 is 5.32 Å². The Morgan fingerprint density at radius 2 is 1.74 bits per heavy atom. The van der Waals surface area contributed by atoms with Crippen LogP contribution in [0.15, 0.2) is 72.8 Å². The van der Waals surface area contributed by atoms with Crippen molar-refractivity contribution in [3.63, 3.8) is 0 Å². The first-order chi connectivity index (χ1) is 14.9. The second-order valence-electron chi connectivity index (χ2n) is 6.45. The number of carbonyl (C=O) groups excluding carboxylic acids is 1. The van der Waals surface area contributed by atoms with E-state index in [0.29, 0.717) is 16.4 Å². The second kappa shape index (κ2) is 8.63. The minimum absolute atomic E-state index is 0.0549. The molecule has 1 heterocycles. The zero-order chi connectivity index (χ0) is 22.0. The molecule has 4 aromatic rings. The van der Waals surface area contributed by atoms with Gasteiger partial charge in [-0.2, -0.15) is 0 Å². The number of hydrogen-bond acceptors (Lipinski definition) is 5. The van der Waals surface area contributed by atoms with Crippen LogP contribution in [0.25, 0.3) is 21.7 Å². The molecular weight excluding hydrogens is 441 g/mol. The quantitative estimate of drug-likeness (QED) is 0.278. The van der Waals surface area contributed by atoms with Crippen LogP contribution >= 0.6 is 22.9 Å². The molecule has 1 N–H and O–H groups in total. The highest BCUT2D eigenvalue weighted by Crippen LogP contribution is 2.39. The molecule has 0 fully saturated rings. The normalized spacial score (nSPS) is 10.6. The standard InChI is InChI=1S/C22H13ClFN3O3S/c23-17-11-8-15(12-18(17)27(29)30)21(28)26-22-25-19(13-6-9-16(24)10-7-13)20(31-22)14-4-2-1-3-5-14/h1-12H,(H,25,26,28). The maximum absolute atomic E-state index is 13.4. The van der Waals surface area contributed by atoms with Gasteiger partial charge in [-0.05, 0) is 42.0 Å². The lowest BCUT2D eigenvalue weighted by Gasteiger charge is -2.03. The monoisotopic (exact) mass is 453 g/mol. The van der Waals surface area contributed by atoms with Gasteiger partial charge in [-0.3, -0.25) is 20.2 Å². The minimum Gasteiger partial charge on any atom is -0.298 e. The molecule has 154 valence electrons. The summed E-state index contributed by atoms with van der Waals surface area (Å²) in [6.45, 7) is 0. The molecule has 0 atom stereocenters. The lowest BCUT2D eigenvalue weighted by Crippen LogP contribution is -2.12. The lowest BCUT2D eigenvalue weighted by atomic mass is 10.1. The highest BCUT2D eigenvalue weighted by Gasteiger charge is 2.20. The molecule has 3 aromatic carbocycles. The molecule has 0 spiro atoms. The maximum atomic E-state index is 13.4. The summed E-state index contributed by atoms with van der Waals surface area (Å²) in [6.07, 6.45) is 0. The van der Waals surface area contributed by atoms with Gasteiger partial charge < -0.3 is 0 Å². The number of anilines is 1. The third kappa shape index (κ3) is 4.45. The highest BCUT2D eigenvalue weighted by atomic mass is 35.5. The van der Waals surface area contributed by atoms with Gasteiger partial charge in [0.2, 0.25) is 0 Å². The zero-order valence-electron chi connectivity index (χ0n) is 15.7. The first kappa shape index (κ1) is 20.6. The molecule has 31 heavy (non-hydrogen) atoms. The Labute approximate surface area is 185 Å². The van der Waals surface area contributed by atoms with Crippen LogP contribution in [-0.4, -0.2) is 15.8 Å². The van der Waals surface area contributed by atoms with Crippen LogP contribution in [0.4, 0.5) is 15.2 Å². The predicted molar refractivity (Wildman–Crippen MR) is 119 cm³/mol. The molecule has 0 saturated heterocycles. The van der Waals surface area contributed by atoms with Gasteiger partial charge in [0.15, 0.2) is 5.13 Å². The lowest BCUT2D eigenvalue weighted by molar-refractivity contribution is -0.384. The second-order valence-corrected chi connectivity index (χ2v) is 7.85. The fourth-order valence-corrected chi connectivity index (χ4v) is 4.10. The third-order valence-electron chi connectivity index (χ3n) is 4.41. The van der Waals surface area contributed by atoms with Gasteiger partial charge in [-0.1, -0.05) is 53.3 Å². The summed E-state index contributed by atoms with van der Waals surface area (Å²) in [5, 5.41) is 14.0. The number of aromatic nitrogens is 1. The summed E-state index contributed by atoms with van der Waals surface area (Å²) in [5.41, 5.74) is 1.90. The van der Waals surface area contributed by atoms with Crippen molar-refractivity contribution in [3.05, 3.63) is 99.3 Å². The van der Waals surface area contributed by atoms with Crippen molar-refractivity contribution in [2.24, 2.45) is 0 Å². The van der Waals surface area contributed by atoms with E-state index in [-0.39, 0.29) is 22.1 Å². The highest BCUT2D eigenvalue weighted by molar-refractivity contribution is 7.19. The largest absolute Gasteiger partial charge is 0.298 e. The Kier molecular flexibility index (Phi) is 5.75. The van der Waals surface area contributed by atoms with Crippen molar-refractivity contribution < 1.29 is 14.1 Å². The van der Waals surface area contributed by atoms with E-state index >= 15 is 0 Å². The molecule has 4 rings (SSSR count). The fourth-order valence-electron chi connectivity index (χ4n) is 2.93. The van der Waals surface area contributed by atoms with Gasteiger partial charge in [-0.15, -0.1) is 0 Å². The molecule has 0 radical (unpaired) electrons. The maximum Gasteiger partial charge on any atom is 0.288 e. The van der Waals surface area contributed by atoms with Gasteiger partial charge in [0.1, 0.15) is 10.8 Å². The number of nitro benzene ring substituents is 1. The van der Waals surface area contributed by atoms with Crippen molar-refractivity contribution in [2.75, 3.05) is 5.32 Å². The zero-order valence-corrected chi connectivity index (χ0v) is 17.3. The molecule has 0 saturated carbocycles. The average Bonchev–Trinajstić information content (AvgIpc) is 3.18. The molecule has 0 aliphatic heterocycles. The molecule has 0 aliphatic carbocycles. The summed E-state index contributed by atoms with van der Waals surface area (Å²) < 4.78 is 13.4. The average molecular weight is 454 g/mol. The van der Waals surface area contributed by atoms with Gasteiger partial charge in [0, 0.05) is 17.2 Å². The minimum atomic E-state index is -0.650. The van der Waals surface area contributed by atoms with Crippen LogP contribution in [0, 0.1) is 15.9 Å². The number of halogens is 2. The summed E-state index contributed by atoms with van der Waals surface area (Å²) >= 11 is 7.07. The van der Waals surface area contributed by atoms with Crippen LogP contribution in [0.1, 0.15) is 10.4 Å². The van der Waals surface area contributed by atoms with Crippen molar-refractivity contribution in [1.29, 1.82) is 0 Å². The van der Waals surface area contributed by atoms with Gasteiger partial charge in [-0.25, -0.2) is 9.37 Å². The SMILES string of the molecule is O=C(Nc1nc(-c2ccc(F)cc2)c(-c2ccccc2)s1)c1ccc(Cl)c([N+](=O)[O-])c1. The molecule has 9 heteroatoms. The molecule has 1 amide bonds. The summed E-state index contributed by atoms with van der Waals surface area (Å²) in [4.78, 5) is 28.4. The first-order valence-electron chi connectivity index (χ1n) is 9.00. The summed E-state index contributed by atoms with van der Waals surface area (Å²) in [6, 6.07) is 19.2. The van der Waals surface area contributed by atoms with Gasteiger partial charge >= 0.3 is 0 Å². The van der Waals surface area contributed by atoms with E-state index in [2.05, 4.69) is 10.3 Å². The van der Waals surface area contributed by atoms with E-state index in [1.165, 1.54) is 35.6 Å². The number of nitrogens with zero attached hydrogens (tertiary/aromatic N) is 2. The van der Waals surface area contributed by atoms with Crippen LogP contribution in [-0.2, 0) is 0 Å². The third-order valence-corrected chi connectivity index (χ3v) is 5.75. The molecule has 0 aliphatic rings. The number of benzene rings is 3. The summed E-state index contributed by atoms with van der Waals surface area (Å²) in [7, 11) is 0. The van der Waals surface area contributed by atoms with Crippen molar-refractivity contribution in [1.82, 2.24) is 4.98 Å². The molecule has 0 unspecified atom stereocenters. The van der Waals surface area contributed by atoms with Gasteiger partial charge in [0.25, 0.3) is 11.6 Å². The number of rotatable bonds is 5. The van der Waals surface area contributed by atoms with E-state index in [1.54, 1.807) is 12.1 Å². The van der Waals surface area contributed by atoms with Crippen LogP contribution in [0.5, 0.6) is 0 Å². The Hall–Kier alpha value is -3.62. The van der Waals surface area contributed by atoms with Crippen molar-refractivity contribution in [2.45, 2.75) is 0 Å². The predicted octanol–water partition coefficient (Wildman–Crippen LogP) is 6.43. The van der Waals surface area contributed by atoms with E-state index in [4.69, 9.17) is 11.6 Å².